The Balaban J connectivity index is 1.43. The molecule has 6 rings (SSSR count). The third-order valence-corrected chi connectivity index (χ3v) is 8.44. The van der Waals surface area contributed by atoms with Crippen LogP contribution >= 0.6 is 11.6 Å². The van der Waals surface area contributed by atoms with Gasteiger partial charge in [0, 0.05) is 44.7 Å². The lowest BCUT2D eigenvalue weighted by molar-refractivity contribution is -0.137. The third kappa shape index (κ3) is 4.77. The molecular formula is C28H28ClF4N7O2. The van der Waals surface area contributed by atoms with Gasteiger partial charge in [-0.1, -0.05) is 17.7 Å². The summed E-state index contributed by atoms with van der Waals surface area (Å²) in [6.07, 6.45) is -4.79. The molecule has 1 fully saturated rings. The first kappa shape index (κ1) is 28.4. The van der Waals surface area contributed by atoms with E-state index in [1.54, 1.807) is 27.7 Å². The molecule has 222 valence electrons. The molecule has 1 saturated heterocycles. The van der Waals surface area contributed by atoms with Crippen molar-refractivity contribution in [2.24, 2.45) is 5.92 Å². The van der Waals surface area contributed by atoms with E-state index in [0.29, 0.717) is 41.9 Å². The molecule has 9 nitrogen and oxygen atoms in total. The quantitative estimate of drug-likeness (QED) is 0.416. The van der Waals surface area contributed by atoms with Crippen LogP contribution in [-0.4, -0.2) is 64.5 Å². The minimum atomic E-state index is -4.67. The second kappa shape index (κ2) is 10.2. The molecular weight excluding hydrogens is 578 g/mol. The molecule has 2 amide bonds. The Hall–Kier alpha value is -3.71. The van der Waals surface area contributed by atoms with Crippen molar-refractivity contribution in [3.05, 3.63) is 64.1 Å². The highest BCUT2D eigenvalue weighted by Crippen LogP contribution is 2.43. The highest BCUT2D eigenvalue weighted by molar-refractivity contribution is 6.34. The van der Waals surface area contributed by atoms with E-state index < -0.39 is 41.5 Å². The first-order valence-electron chi connectivity index (χ1n) is 13.4. The summed E-state index contributed by atoms with van der Waals surface area (Å²) < 4.78 is 58.1. The van der Waals surface area contributed by atoms with Crippen molar-refractivity contribution in [1.29, 1.82) is 0 Å². The highest BCUT2D eigenvalue weighted by atomic mass is 35.5. The molecule has 42 heavy (non-hydrogen) atoms. The van der Waals surface area contributed by atoms with Crippen molar-refractivity contribution in [3.8, 4) is 0 Å². The number of aromatic nitrogens is 3. The summed E-state index contributed by atoms with van der Waals surface area (Å²) in [7, 11) is 3.45. The van der Waals surface area contributed by atoms with E-state index in [-0.39, 0.29) is 36.7 Å². The topological polar surface area (TPSA) is 77.8 Å². The molecule has 0 N–H and O–H groups in total. The molecule has 0 aliphatic carbocycles. The van der Waals surface area contributed by atoms with E-state index in [1.165, 1.54) is 18.9 Å². The largest absolute Gasteiger partial charge is 0.416 e. The summed E-state index contributed by atoms with van der Waals surface area (Å²) in [5, 5.41) is 0.325. The van der Waals surface area contributed by atoms with Gasteiger partial charge in [-0.2, -0.15) is 17.6 Å². The fraction of sp³-hybridized carbons (Fsp3) is 0.429. The van der Waals surface area contributed by atoms with E-state index >= 15 is 4.39 Å². The van der Waals surface area contributed by atoms with E-state index in [4.69, 9.17) is 11.6 Å². The van der Waals surface area contributed by atoms with E-state index in [2.05, 4.69) is 9.97 Å². The number of imidazole rings is 1. The average Bonchev–Trinajstić information content (AvgIpc) is 3.40. The number of hydrogen-bond acceptors (Lipinski definition) is 6. The van der Waals surface area contributed by atoms with E-state index in [1.807, 2.05) is 11.9 Å². The zero-order valence-corrected chi connectivity index (χ0v) is 23.9. The van der Waals surface area contributed by atoms with Crippen LogP contribution in [0.15, 0.2) is 30.3 Å². The number of alkyl halides is 3. The standard InChI is InChI=1S/C28H28ClF4N7O2/c1-15-9-17(28(31,32)33)11-21(34-15)40-23(41)10-16-12-38(13-19-26(30)39-8-7-36(2)14-22(39)35-19)25-18(29)5-4-6-20(25)37(3)27(42)24(16)40/h4-6,9,11,16,24H,7-8,10,12-14H2,1-3H3/t16-,24+/m1/s1. The van der Waals surface area contributed by atoms with Crippen LogP contribution in [0.2, 0.25) is 5.02 Å². The van der Waals surface area contributed by atoms with Crippen LogP contribution in [0.25, 0.3) is 0 Å². The molecule has 5 heterocycles. The molecule has 0 radical (unpaired) electrons. The number of carbonyl (C=O) groups is 2. The molecule has 1 aromatic carbocycles. The predicted octanol–water partition coefficient (Wildman–Crippen LogP) is 4.25. The van der Waals surface area contributed by atoms with Gasteiger partial charge in [0.2, 0.25) is 17.8 Å². The number of benzene rings is 1. The minimum Gasteiger partial charge on any atom is -0.362 e. The van der Waals surface area contributed by atoms with Crippen LogP contribution < -0.4 is 14.7 Å². The summed E-state index contributed by atoms with van der Waals surface area (Å²) >= 11 is 6.68. The summed E-state index contributed by atoms with van der Waals surface area (Å²) in [5.41, 5.74) is 0.203. The maximum atomic E-state index is 15.6. The van der Waals surface area contributed by atoms with Crippen molar-refractivity contribution in [1.82, 2.24) is 19.4 Å². The second-order valence-corrected chi connectivity index (χ2v) is 11.5. The number of pyridine rings is 1. The Labute approximate surface area is 244 Å². The van der Waals surface area contributed by atoms with E-state index in [9.17, 15) is 22.8 Å². The number of carbonyl (C=O) groups excluding carboxylic acids is 2. The van der Waals surface area contributed by atoms with Crippen LogP contribution in [0.4, 0.5) is 34.8 Å². The maximum absolute atomic E-state index is 15.6. The number of aryl methyl sites for hydroxylation is 1. The van der Waals surface area contributed by atoms with Gasteiger partial charge in [0.15, 0.2) is 0 Å². The summed E-state index contributed by atoms with van der Waals surface area (Å²) in [5.74, 6) is -1.76. The minimum absolute atomic E-state index is 0.00659. The van der Waals surface area contributed by atoms with Crippen LogP contribution in [0.1, 0.15) is 29.2 Å². The molecule has 0 spiro atoms. The number of amides is 2. The van der Waals surface area contributed by atoms with Gasteiger partial charge in [-0.05, 0) is 38.2 Å². The average molecular weight is 606 g/mol. The van der Waals surface area contributed by atoms with Crippen molar-refractivity contribution in [2.75, 3.05) is 41.9 Å². The van der Waals surface area contributed by atoms with Crippen molar-refractivity contribution in [3.63, 3.8) is 0 Å². The zero-order valence-electron chi connectivity index (χ0n) is 23.1. The van der Waals surface area contributed by atoms with Gasteiger partial charge in [0.1, 0.15) is 23.4 Å². The van der Waals surface area contributed by atoms with Gasteiger partial charge in [-0.15, -0.1) is 0 Å². The Morgan fingerprint density at radius 2 is 1.86 bits per heavy atom. The molecule has 0 unspecified atom stereocenters. The van der Waals surface area contributed by atoms with Crippen LogP contribution in [0.5, 0.6) is 0 Å². The smallest absolute Gasteiger partial charge is 0.362 e. The number of halogens is 5. The fourth-order valence-electron chi connectivity index (χ4n) is 6.16. The number of anilines is 3. The molecule has 3 aromatic rings. The number of likely N-dealkylation sites (N-methyl/N-ethyl adjacent to an activating group) is 2. The summed E-state index contributed by atoms with van der Waals surface area (Å²) in [6, 6.07) is 5.57. The first-order chi connectivity index (χ1) is 19.8. The molecule has 0 bridgehead atoms. The SMILES string of the molecule is Cc1cc(C(F)(F)F)cc(N2C(=O)C[C@@H]3CN(Cc4nc5n(c4F)CCN(C)C5)c4c(Cl)cccc4N(C)C(=O)[C@H]32)n1. The van der Waals surface area contributed by atoms with E-state index in [0.717, 1.165) is 17.0 Å². The Bertz CT molecular complexity index is 1590. The first-order valence-corrected chi connectivity index (χ1v) is 13.8. The lowest BCUT2D eigenvalue weighted by Gasteiger charge is -2.39. The van der Waals surface area contributed by atoms with Gasteiger partial charge >= 0.3 is 6.18 Å². The lowest BCUT2D eigenvalue weighted by atomic mass is 9.95. The van der Waals surface area contributed by atoms with Crippen molar-refractivity contribution >= 4 is 40.6 Å². The normalized spacial score (nSPS) is 21.3. The van der Waals surface area contributed by atoms with Crippen LogP contribution in [0.3, 0.4) is 0 Å². The third-order valence-electron chi connectivity index (χ3n) is 8.13. The Kier molecular flexibility index (Phi) is 6.92. The summed E-state index contributed by atoms with van der Waals surface area (Å²) in [6.45, 7) is 3.13. The van der Waals surface area contributed by atoms with Gasteiger partial charge in [-0.25, -0.2) is 9.97 Å². The van der Waals surface area contributed by atoms with Gasteiger partial charge in [0.25, 0.3) is 0 Å². The monoisotopic (exact) mass is 605 g/mol. The fourth-order valence-corrected chi connectivity index (χ4v) is 6.45. The number of para-hydroxylation sites is 1. The molecule has 0 saturated carbocycles. The maximum Gasteiger partial charge on any atom is 0.416 e. The number of hydrogen-bond donors (Lipinski definition) is 0. The molecule has 3 aliphatic rings. The van der Waals surface area contributed by atoms with Crippen molar-refractivity contribution < 1.29 is 27.2 Å². The van der Waals surface area contributed by atoms with Crippen molar-refractivity contribution in [2.45, 2.75) is 45.2 Å². The number of fused-ring (bicyclic) bond motifs is 3. The van der Waals surface area contributed by atoms with Gasteiger partial charge in [-0.3, -0.25) is 19.4 Å². The number of rotatable bonds is 3. The van der Waals surface area contributed by atoms with Gasteiger partial charge < -0.3 is 14.4 Å². The predicted molar refractivity (Wildman–Crippen MR) is 148 cm³/mol. The van der Waals surface area contributed by atoms with Crippen LogP contribution in [0, 0.1) is 18.8 Å². The highest BCUT2D eigenvalue weighted by Gasteiger charge is 2.49. The Morgan fingerprint density at radius 3 is 2.60 bits per heavy atom. The number of nitrogens with zero attached hydrogens (tertiary/aromatic N) is 7. The molecule has 3 aliphatic heterocycles. The van der Waals surface area contributed by atoms with Gasteiger partial charge in [0.05, 0.1) is 35.1 Å². The molecule has 2 aromatic heterocycles. The molecule has 2 atom stereocenters. The molecule has 14 heteroatoms. The Morgan fingerprint density at radius 1 is 1.10 bits per heavy atom. The lowest BCUT2D eigenvalue weighted by Crippen LogP contribution is -2.52. The second-order valence-electron chi connectivity index (χ2n) is 11.1. The summed E-state index contributed by atoms with van der Waals surface area (Å²) in [4.78, 5) is 42.5. The zero-order chi connectivity index (χ0) is 30.1. The van der Waals surface area contributed by atoms with Crippen LogP contribution in [-0.2, 0) is 35.4 Å².